The van der Waals surface area contributed by atoms with E-state index in [2.05, 4.69) is 10.2 Å². The van der Waals surface area contributed by atoms with Crippen LogP contribution in [-0.2, 0) is 4.79 Å². The summed E-state index contributed by atoms with van der Waals surface area (Å²) >= 11 is 0. The van der Waals surface area contributed by atoms with Gasteiger partial charge < -0.3 is 24.8 Å². The molecule has 8 heteroatoms. The number of ether oxygens (including phenoxy) is 1. The van der Waals surface area contributed by atoms with Gasteiger partial charge in [0.25, 0.3) is 0 Å². The number of carbonyl (C=O) groups excluding carboxylic acids is 3. The molecule has 4 rings (SSSR count). The minimum absolute atomic E-state index is 0.000654. The number of hydrogen-bond donors (Lipinski definition) is 1. The third-order valence-electron chi connectivity index (χ3n) is 6.04. The zero-order valence-electron chi connectivity index (χ0n) is 18.4. The number of nitrogens with zero attached hydrogens (tertiary/aromatic N) is 3. The van der Waals surface area contributed by atoms with Crippen molar-refractivity contribution >= 4 is 29.1 Å². The van der Waals surface area contributed by atoms with Crippen molar-refractivity contribution in [3.05, 3.63) is 54.1 Å². The second kappa shape index (κ2) is 9.30. The van der Waals surface area contributed by atoms with Crippen molar-refractivity contribution in [1.29, 1.82) is 0 Å². The molecule has 1 atom stereocenters. The fraction of sp³-hybridized carbons (Fsp3) is 0.375. The van der Waals surface area contributed by atoms with Crippen LogP contribution in [-0.4, -0.2) is 68.5 Å². The van der Waals surface area contributed by atoms with Crippen LogP contribution in [0.5, 0.6) is 5.75 Å². The first-order valence-electron chi connectivity index (χ1n) is 10.8. The molecule has 0 radical (unpaired) electrons. The molecule has 3 amide bonds. The summed E-state index contributed by atoms with van der Waals surface area (Å²) in [5.41, 5.74) is 2.55. The quantitative estimate of drug-likeness (QED) is 0.729. The number of nitrogens with one attached hydrogen (secondary N) is 1. The van der Waals surface area contributed by atoms with Crippen molar-refractivity contribution in [2.45, 2.75) is 19.4 Å². The zero-order valence-corrected chi connectivity index (χ0v) is 18.4. The maximum atomic E-state index is 12.8. The first-order valence-corrected chi connectivity index (χ1v) is 10.8. The Hall–Kier alpha value is -3.55. The van der Waals surface area contributed by atoms with Gasteiger partial charge in [0.05, 0.1) is 13.2 Å². The van der Waals surface area contributed by atoms with Gasteiger partial charge in [-0.2, -0.15) is 0 Å². The van der Waals surface area contributed by atoms with Crippen LogP contribution in [0.15, 0.2) is 48.5 Å². The summed E-state index contributed by atoms with van der Waals surface area (Å²) in [4.78, 5) is 42.4. The minimum atomic E-state index is -0.214. The molecular formula is C24H28N4O4. The van der Waals surface area contributed by atoms with Crippen LogP contribution in [0, 0.1) is 0 Å². The van der Waals surface area contributed by atoms with Gasteiger partial charge in [-0.05, 0) is 55.5 Å². The smallest absolute Gasteiger partial charge is 0.317 e. The van der Waals surface area contributed by atoms with Crippen LogP contribution in [0.2, 0.25) is 0 Å². The molecule has 0 bridgehead atoms. The van der Waals surface area contributed by atoms with Crippen LogP contribution in [0.25, 0.3) is 0 Å². The lowest BCUT2D eigenvalue weighted by Gasteiger charge is -2.36. The fourth-order valence-electron chi connectivity index (χ4n) is 4.16. The predicted molar refractivity (Wildman–Crippen MR) is 123 cm³/mol. The molecule has 2 aliphatic rings. The number of carbonyl (C=O) groups is 3. The molecule has 0 aromatic heterocycles. The highest BCUT2D eigenvalue weighted by atomic mass is 16.5. The fourth-order valence-corrected chi connectivity index (χ4v) is 4.16. The van der Waals surface area contributed by atoms with E-state index in [0.29, 0.717) is 44.7 Å². The van der Waals surface area contributed by atoms with Crippen molar-refractivity contribution in [2.75, 3.05) is 49.6 Å². The first kappa shape index (κ1) is 21.7. The van der Waals surface area contributed by atoms with Gasteiger partial charge in [0.1, 0.15) is 5.75 Å². The molecule has 0 saturated carbocycles. The number of rotatable bonds is 5. The SMILES string of the molecule is COc1ccc(N2CC(NC(=O)N3CCN(c4ccc(C(C)=O)cc4)CC3)CC2=O)cc1. The Morgan fingerprint density at radius 1 is 0.938 bits per heavy atom. The van der Waals surface area contributed by atoms with Crippen LogP contribution in [0.1, 0.15) is 23.7 Å². The second-order valence-corrected chi connectivity index (χ2v) is 8.13. The highest BCUT2D eigenvalue weighted by molar-refractivity contribution is 5.97. The monoisotopic (exact) mass is 436 g/mol. The Kier molecular flexibility index (Phi) is 6.30. The van der Waals surface area contributed by atoms with Gasteiger partial charge in [-0.25, -0.2) is 4.79 Å². The average molecular weight is 437 g/mol. The number of benzene rings is 2. The maximum Gasteiger partial charge on any atom is 0.317 e. The highest BCUT2D eigenvalue weighted by Crippen LogP contribution is 2.24. The number of hydrogen-bond acceptors (Lipinski definition) is 5. The average Bonchev–Trinajstić information content (AvgIpc) is 3.19. The maximum absolute atomic E-state index is 12.8. The summed E-state index contributed by atoms with van der Waals surface area (Å²) in [6, 6.07) is 14.6. The summed E-state index contributed by atoms with van der Waals surface area (Å²) in [5.74, 6) is 0.785. The van der Waals surface area contributed by atoms with E-state index in [1.54, 1.807) is 23.8 Å². The van der Waals surface area contributed by atoms with Gasteiger partial charge in [-0.15, -0.1) is 0 Å². The van der Waals surface area contributed by atoms with Crippen LogP contribution in [0.4, 0.5) is 16.2 Å². The molecule has 32 heavy (non-hydrogen) atoms. The first-order chi connectivity index (χ1) is 15.4. The summed E-state index contributed by atoms with van der Waals surface area (Å²) in [6.45, 7) is 4.65. The molecule has 2 fully saturated rings. The summed E-state index contributed by atoms with van der Waals surface area (Å²) < 4.78 is 5.17. The van der Waals surface area contributed by atoms with Gasteiger partial charge in [0.15, 0.2) is 5.78 Å². The van der Waals surface area contributed by atoms with E-state index >= 15 is 0 Å². The van der Waals surface area contributed by atoms with E-state index < -0.39 is 0 Å². The molecule has 2 aliphatic heterocycles. The van der Waals surface area contributed by atoms with Gasteiger partial charge in [-0.1, -0.05) is 0 Å². The Morgan fingerprint density at radius 3 is 2.16 bits per heavy atom. The second-order valence-electron chi connectivity index (χ2n) is 8.13. The lowest BCUT2D eigenvalue weighted by Crippen LogP contribution is -2.53. The zero-order chi connectivity index (χ0) is 22.7. The van der Waals surface area contributed by atoms with Crippen molar-refractivity contribution in [2.24, 2.45) is 0 Å². The largest absolute Gasteiger partial charge is 0.497 e. The van der Waals surface area contributed by atoms with Crippen molar-refractivity contribution in [3.63, 3.8) is 0 Å². The molecule has 2 saturated heterocycles. The van der Waals surface area contributed by atoms with E-state index in [1.807, 2.05) is 48.5 Å². The number of urea groups is 1. The van der Waals surface area contributed by atoms with E-state index in [9.17, 15) is 14.4 Å². The Bertz CT molecular complexity index is 982. The molecule has 2 heterocycles. The minimum Gasteiger partial charge on any atom is -0.497 e. The Balaban J connectivity index is 1.28. The molecule has 8 nitrogen and oxygen atoms in total. The van der Waals surface area contributed by atoms with E-state index in [1.165, 1.54) is 0 Å². The number of anilines is 2. The number of Topliss-reactive ketones (excluding diaryl/α,β-unsaturated/α-hetero) is 1. The highest BCUT2D eigenvalue weighted by Gasteiger charge is 2.33. The van der Waals surface area contributed by atoms with E-state index in [-0.39, 0.29) is 23.8 Å². The van der Waals surface area contributed by atoms with Gasteiger partial charge in [-0.3, -0.25) is 9.59 Å². The number of piperazine rings is 1. The van der Waals surface area contributed by atoms with Crippen LogP contribution in [0.3, 0.4) is 0 Å². The normalized spacial score (nSPS) is 18.6. The molecule has 2 aromatic carbocycles. The van der Waals surface area contributed by atoms with Gasteiger partial charge >= 0.3 is 6.03 Å². The summed E-state index contributed by atoms with van der Waals surface area (Å²) in [7, 11) is 1.60. The standard InChI is InChI=1S/C24H28N4O4/c1-17(29)18-3-5-20(6-4-18)26-11-13-27(14-12-26)24(31)25-19-15-23(30)28(16-19)21-7-9-22(32-2)10-8-21/h3-10,19H,11-16H2,1-2H3,(H,25,31). The van der Waals surface area contributed by atoms with Crippen molar-refractivity contribution in [3.8, 4) is 5.75 Å². The Labute approximate surface area is 187 Å². The lowest BCUT2D eigenvalue weighted by atomic mass is 10.1. The van der Waals surface area contributed by atoms with E-state index in [4.69, 9.17) is 4.74 Å². The topological polar surface area (TPSA) is 82.2 Å². The number of methoxy groups -OCH3 is 1. The molecule has 168 valence electrons. The molecular weight excluding hydrogens is 408 g/mol. The summed E-state index contributed by atoms with van der Waals surface area (Å²) in [5, 5.41) is 3.02. The van der Waals surface area contributed by atoms with Crippen molar-refractivity contribution in [1.82, 2.24) is 10.2 Å². The third-order valence-corrected chi connectivity index (χ3v) is 6.04. The van der Waals surface area contributed by atoms with Crippen LogP contribution < -0.4 is 19.9 Å². The van der Waals surface area contributed by atoms with Gasteiger partial charge in [0.2, 0.25) is 5.91 Å². The number of amides is 3. The van der Waals surface area contributed by atoms with Gasteiger partial charge in [0, 0.05) is 56.1 Å². The molecule has 2 aromatic rings. The number of ketones is 1. The molecule has 1 N–H and O–H groups in total. The molecule has 0 spiro atoms. The molecule has 1 unspecified atom stereocenters. The Morgan fingerprint density at radius 2 is 1.56 bits per heavy atom. The molecule has 0 aliphatic carbocycles. The predicted octanol–water partition coefficient (Wildman–Crippen LogP) is 2.53. The van der Waals surface area contributed by atoms with E-state index in [0.717, 1.165) is 17.1 Å². The third kappa shape index (κ3) is 4.69. The van der Waals surface area contributed by atoms with Crippen molar-refractivity contribution < 1.29 is 19.1 Å². The lowest BCUT2D eigenvalue weighted by molar-refractivity contribution is -0.117. The summed E-state index contributed by atoms with van der Waals surface area (Å²) in [6.07, 6.45) is 0.292. The van der Waals surface area contributed by atoms with Crippen LogP contribution >= 0.6 is 0 Å².